The van der Waals surface area contributed by atoms with Crippen molar-refractivity contribution < 1.29 is 13.9 Å². The SMILES string of the molecule is Cc1cc(C)nc(SCC(=O)NC[C@H](c2ccc(F)cc2)N2CCOCC2)n1. The van der Waals surface area contributed by atoms with Crippen LogP contribution in [-0.2, 0) is 9.53 Å². The molecule has 150 valence electrons. The number of halogens is 1. The number of thioether (sulfide) groups is 1. The van der Waals surface area contributed by atoms with Crippen molar-refractivity contribution in [1.82, 2.24) is 20.2 Å². The number of amides is 1. The van der Waals surface area contributed by atoms with Gasteiger partial charge in [0.25, 0.3) is 0 Å². The van der Waals surface area contributed by atoms with Crippen molar-refractivity contribution in [2.24, 2.45) is 0 Å². The summed E-state index contributed by atoms with van der Waals surface area (Å²) in [6.07, 6.45) is 0. The fourth-order valence-corrected chi connectivity index (χ4v) is 3.96. The maximum absolute atomic E-state index is 13.3. The van der Waals surface area contributed by atoms with Crippen LogP contribution in [0.25, 0.3) is 0 Å². The summed E-state index contributed by atoms with van der Waals surface area (Å²) in [5, 5.41) is 3.61. The summed E-state index contributed by atoms with van der Waals surface area (Å²) in [5.41, 5.74) is 2.76. The zero-order valence-electron chi connectivity index (χ0n) is 16.2. The predicted molar refractivity (Wildman–Crippen MR) is 107 cm³/mol. The van der Waals surface area contributed by atoms with Crippen molar-refractivity contribution in [3.63, 3.8) is 0 Å². The molecule has 1 N–H and O–H groups in total. The predicted octanol–water partition coefficient (Wildman–Crippen LogP) is 2.51. The number of carbonyl (C=O) groups is 1. The zero-order chi connectivity index (χ0) is 19.9. The summed E-state index contributed by atoms with van der Waals surface area (Å²) in [6.45, 7) is 7.16. The van der Waals surface area contributed by atoms with E-state index in [9.17, 15) is 9.18 Å². The van der Waals surface area contributed by atoms with Crippen LogP contribution >= 0.6 is 11.8 Å². The van der Waals surface area contributed by atoms with Gasteiger partial charge in [-0.15, -0.1) is 0 Å². The van der Waals surface area contributed by atoms with E-state index in [4.69, 9.17) is 4.74 Å². The molecule has 1 atom stereocenters. The van der Waals surface area contributed by atoms with Gasteiger partial charge in [-0.2, -0.15) is 0 Å². The summed E-state index contributed by atoms with van der Waals surface area (Å²) >= 11 is 1.32. The molecule has 1 aromatic heterocycles. The van der Waals surface area contributed by atoms with E-state index in [1.54, 1.807) is 12.1 Å². The minimum absolute atomic E-state index is 0.0177. The smallest absolute Gasteiger partial charge is 0.230 e. The van der Waals surface area contributed by atoms with E-state index in [2.05, 4.69) is 20.2 Å². The molecule has 1 aromatic carbocycles. The van der Waals surface area contributed by atoms with Crippen LogP contribution in [0.15, 0.2) is 35.5 Å². The number of morpholine rings is 1. The minimum atomic E-state index is -0.265. The Morgan fingerprint density at radius 3 is 2.50 bits per heavy atom. The minimum Gasteiger partial charge on any atom is -0.379 e. The van der Waals surface area contributed by atoms with Gasteiger partial charge in [0.05, 0.1) is 25.0 Å². The highest BCUT2D eigenvalue weighted by molar-refractivity contribution is 7.99. The number of ether oxygens (including phenoxy) is 1. The van der Waals surface area contributed by atoms with E-state index in [1.165, 1.54) is 23.9 Å². The summed E-state index contributed by atoms with van der Waals surface area (Å²) in [7, 11) is 0. The molecule has 0 bridgehead atoms. The van der Waals surface area contributed by atoms with Gasteiger partial charge in [0, 0.05) is 31.0 Å². The number of benzene rings is 1. The molecule has 1 saturated heterocycles. The average molecular weight is 405 g/mol. The first-order chi connectivity index (χ1) is 13.5. The maximum Gasteiger partial charge on any atom is 0.230 e. The first-order valence-electron chi connectivity index (χ1n) is 9.30. The molecule has 0 saturated carbocycles. The lowest BCUT2D eigenvalue weighted by Crippen LogP contribution is -2.44. The van der Waals surface area contributed by atoms with Gasteiger partial charge >= 0.3 is 0 Å². The molecular formula is C20H25FN4O2S. The molecule has 8 heteroatoms. The fraction of sp³-hybridized carbons (Fsp3) is 0.450. The second kappa shape index (κ2) is 9.95. The zero-order valence-corrected chi connectivity index (χ0v) is 17.0. The third-order valence-electron chi connectivity index (χ3n) is 4.53. The lowest BCUT2D eigenvalue weighted by Gasteiger charge is -2.35. The molecule has 2 heterocycles. The van der Waals surface area contributed by atoms with Crippen LogP contribution in [0.4, 0.5) is 4.39 Å². The van der Waals surface area contributed by atoms with E-state index >= 15 is 0 Å². The van der Waals surface area contributed by atoms with Crippen molar-refractivity contribution in [2.45, 2.75) is 25.0 Å². The third kappa shape index (κ3) is 5.98. The van der Waals surface area contributed by atoms with Crippen LogP contribution in [0.1, 0.15) is 23.0 Å². The Labute approximate surface area is 168 Å². The quantitative estimate of drug-likeness (QED) is 0.565. The van der Waals surface area contributed by atoms with Crippen LogP contribution in [0.2, 0.25) is 0 Å². The Bertz CT molecular complexity index is 777. The van der Waals surface area contributed by atoms with Crippen LogP contribution < -0.4 is 5.32 Å². The molecule has 28 heavy (non-hydrogen) atoms. The van der Waals surface area contributed by atoms with Crippen LogP contribution in [-0.4, -0.2) is 59.4 Å². The van der Waals surface area contributed by atoms with Crippen molar-refractivity contribution in [3.8, 4) is 0 Å². The van der Waals surface area contributed by atoms with Gasteiger partial charge in [0.1, 0.15) is 5.82 Å². The summed E-state index contributed by atoms with van der Waals surface area (Å²) in [6, 6.07) is 8.35. The first kappa shape index (κ1) is 20.7. The number of aromatic nitrogens is 2. The van der Waals surface area contributed by atoms with Crippen molar-refractivity contribution in [1.29, 1.82) is 0 Å². The van der Waals surface area contributed by atoms with Gasteiger partial charge < -0.3 is 10.1 Å². The number of nitrogens with one attached hydrogen (secondary N) is 1. The van der Waals surface area contributed by atoms with E-state index in [0.29, 0.717) is 24.9 Å². The summed E-state index contributed by atoms with van der Waals surface area (Å²) in [4.78, 5) is 23.3. The molecule has 2 aromatic rings. The molecule has 1 aliphatic heterocycles. The molecule has 0 spiro atoms. The van der Waals surface area contributed by atoms with Crippen LogP contribution in [0.5, 0.6) is 0 Å². The number of rotatable bonds is 7. The first-order valence-corrected chi connectivity index (χ1v) is 10.3. The number of hydrogen-bond donors (Lipinski definition) is 1. The van der Waals surface area contributed by atoms with Gasteiger partial charge in [0.15, 0.2) is 5.16 Å². The largest absolute Gasteiger partial charge is 0.379 e. The second-order valence-electron chi connectivity index (χ2n) is 6.74. The number of nitrogens with zero attached hydrogens (tertiary/aromatic N) is 3. The third-order valence-corrected chi connectivity index (χ3v) is 5.38. The van der Waals surface area contributed by atoms with E-state index < -0.39 is 0 Å². The van der Waals surface area contributed by atoms with E-state index in [0.717, 1.165) is 30.0 Å². The van der Waals surface area contributed by atoms with Gasteiger partial charge in [-0.1, -0.05) is 23.9 Å². The van der Waals surface area contributed by atoms with Crippen LogP contribution in [0.3, 0.4) is 0 Å². The highest BCUT2D eigenvalue weighted by Gasteiger charge is 2.23. The summed E-state index contributed by atoms with van der Waals surface area (Å²) < 4.78 is 18.7. The normalized spacial score (nSPS) is 16.0. The molecule has 0 aliphatic carbocycles. The Kier molecular flexibility index (Phi) is 7.36. The highest BCUT2D eigenvalue weighted by atomic mass is 32.2. The molecule has 1 amide bonds. The molecule has 1 aliphatic rings. The Hall–Kier alpha value is -2.03. The molecular weight excluding hydrogens is 379 g/mol. The average Bonchev–Trinajstić information content (AvgIpc) is 2.68. The number of hydrogen-bond acceptors (Lipinski definition) is 6. The Morgan fingerprint density at radius 1 is 1.21 bits per heavy atom. The Morgan fingerprint density at radius 2 is 1.86 bits per heavy atom. The van der Waals surface area contributed by atoms with Gasteiger partial charge in [0.2, 0.25) is 5.91 Å². The highest BCUT2D eigenvalue weighted by Crippen LogP contribution is 2.22. The molecule has 1 fully saturated rings. The van der Waals surface area contributed by atoms with Crippen molar-refractivity contribution in [2.75, 3.05) is 38.6 Å². The second-order valence-corrected chi connectivity index (χ2v) is 7.68. The monoisotopic (exact) mass is 404 g/mol. The van der Waals surface area contributed by atoms with Gasteiger partial charge in [-0.25, -0.2) is 14.4 Å². The topological polar surface area (TPSA) is 67.4 Å². The number of aryl methyl sites for hydroxylation is 2. The molecule has 6 nitrogen and oxygen atoms in total. The standard InChI is InChI=1S/C20H25FN4O2S/c1-14-11-15(2)24-20(23-14)28-13-19(26)22-12-18(25-7-9-27-10-8-25)16-3-5-17(21)6-4-16/h3-6,11,18H,7-10,12-13H2,1-2H3,(H,22,26)/t18-/m1/s1. The molecule has 3 rings (SSSR count). The number of carbonyl (C=O) groups excluding carboxylic acids is 1. The van der Waals surface area contributed by atoms with Crippen molar-refractivity contribution in [3.05, 3.63) is 53.1 Å². The molecule has 0 radical (unpaired) electrons. The lowest BCUT2D eigenvalue weighted by molar-refractivity contribution is -0.118. The lowest BCUT2D eigenvalue weighted by atomic mass is 10.0. The van der Waals surface area contributed by atoms with E-state index in [-0.39, 0.29) is 23.5 Å². The fourth-order valence-electron chi connectivity index (χ4n) is 3.18. The maximum atomic E-state index is 13.3. The van der Waals surface area contributed by atoms with Crippen LogP contribution in [0, 0.1) is 19.7 Å². The van der Waals surface area contributed by atoms with Gasteiger partial charge in [-0.05, 0) is 37.6 Å². The molecule has 0 unspecified atom stereocenters. The van der Waals surface area contributed by atoms with Gasteiger partial charge in [-0.3, -0.25) is 9.69 Å². The van der Waals surface area contributed by atoms with E-state index in [1.807, 2.05) is 19.9 Å². The summed E-state index contributed by atoms with van der Waals surface area (Å²) in [5.74, 6) is -0.0891. The van der Waals surface area contributed by atoms with Crippen molar-refractivity contribution >= 4 is 17.7 Å². The Balaban J connectivity index is 1.59.